The minimum Gasteiger partial charge on any atom is -0.297 e. The van der Waals surface area contributed by atoms with Gasteiger partial charge in [0.1, 0.15) is 0 Å². The molecule has 0 atom stereocenters. The normalized spacial score (nSPS) is 11.8. The molecule has 3 rings (SSSR count). The SMILES string of the molecule is CC(=NNC(=O)Cc1cn2ccsc2n1)c1ccccn1. The highest BCUT2D eigenvalue weighted by molar-refractivity contribution is 7.15. The van der Waals surface area contributed by atoms with Crippen LogP contribution in [-0.2, 0) is 11.2 Å². The monoisotopic (exact) mass is 299 g/mol. The van der Waals surface area contributed by atoms with Crippen LogP contribution in [0.25, 0.3) is 4.96 Å². The summed E-state index contributed by atoms with van der Waals surface area (Å²) in [4.78, 5) is 21.3. The summed E-state index contributed by atoms with van der Waals surface area (Å²) in [6, 6.07) is 5.55. The fraction of sp³-hybridized carbons (Fsp3) is 0.143. The summed E-state index contributed by atoms with van der Waals surface area (Å²) in [5.74, 6) is -0.198. The van der Waals surface area contributed by atoms with Crippen molar-refractivity contribution in [3.8, 4) is 0 Å². The van der Waals surface area contributed by atoms with Crippen LogP contribution in [0.5, 0.6) is 0 Å². The second kappa shape index (κ2) is 5.84. The quantitative estimate of drug-likeness (QED) is 0.590. The molecule has 0 spiro atoms. The highest BCUT2D eigenvalue weighted by Gasteiger charge is 2.08. The summed E-state index contributed by atoms with van der Waals surface area (Å²) in [6.45, 7) is 1.80. The number of hydrogen-bond acceptors (Lipinski definition) is 5. The lowest BCUT2D eigenvalue weighted by molar-refractivity contribution is -0.120. The second-order valence-corrected chi connectivity index (χ2v) is 5.32. The van der Waals surface area contributed by atoms with Gasteiger partial charge in [0.2, 0.25) is 5.91 Å². The van der Waals surface area contributed by atoms with Crippen LogP contribution >= 0.6 is 11.3 Å². The maximum atomic E-state index is 11.9. The summed E-state index contributed by atoms with van der Waals surface area (Å²) in [7, 11) is 0. The van der Waals surface area contributed by atoms with Crippen molar-refractivity contribution in [3.05, 3.63) is 53.6 Å². The number of rotatable bonds is 4. The largest absolute Gasteiger partial charge is 0.297 e. The molecule has 7 heteroatoms. The summed E-state index contributed by atoms with van der Waals surface area (Å²) in [5.41, 5.74) is 4.65. The number of carbonyl (C=O) groups is 1. The van der Waals surface area contributed by atoms with Crippen LogP contribution < -0.4 is 5.43 Å². The van der Waals surface area contributed by atoms with E-state index >= 15 is 0 Å². The summed E-state index contributed by atoms with van der Waals surface area (Å²) in [6.07, 6.45) is 5.65. The first-order valence-corrected chi connectivity index (χ1v) is 7.26. The van der Waals surface area contributed by atoms with Crippen molar-refractivity contribution in [2.45, 2.75) is 13.3 Å². The first-order chi connectivity index (χ1) is 10.2. The Kier molecular flexibility index (Phi) is 3.74. The van der Waals surface area contributed by atoms with Gasteiger partial charge in [-0.15, -0.1) is 11.3 Å². The van der Waals surface area contributed by atoms with Gasteiger partial charge in [-0.2, -0.15) is 5.10 Å². The maximum Gasteiger partial charge on any atom is 0.246 e. The molecule has 0 aromatic carbocycles. The number of hydrogen-bond donors (Lipinski definition) is 1. The molecule has 1 N–H and O–H groups in total. The highest BCUT2D eigenvalue weighted by atomic mass is 32.1. The molecule has 0 radical (unpaired) electrons. The molecule has 3 heterocycles. The van der Waals surface area contributed by atoms with E-state index < -0.39 is 0 Å². The van der Waals surface area contributed by atoms with Crippen LogP contribution in [0.3, 0.4) is 0 Å². The van der Waals surface area contributed by atoms with Gasteiger partial charge in [0.15, 0.2) is 4.96 Å². The topological polar surface area (TPSA) is 71.7 Å². The van der Waals surface area contributed by atoms with E-state index in [4.69, 9.17) is 0 Å². The van der Waals surface area contributed by atoms with Gasteiger partial charge >= 0.3 is 0 Å². The zero-order chi connectivity index (χ0) is 14.7. The average molecular weight is 299 g/mol. The number of fused-ring (bicyclic) bond motifs is 1. The molecule has 3 aromatic rings. The van der Waals surface area contributed by atoms with E-state index in [0.717, 1.165) is 16.3 Å². The number of nitrogens with one attached hydrogen (secondary N) is 1. The molecule has 0 unspecified atom stereocenters. The molecule has 106 valence electrons. The van der Waals surface area contributed by atoms with Crippen molar-refractivity contribution in [1.82, 2.24) is 19.8 Å². The minimum absolute atomic E-state index is 0.198. The van der Waals surface area contributed by atoms with E-state index in [1.165, 1.54) is 11.3 Å². The standard InChI is InChI=1S/C14H13N5OS/c1-10(12-4-2-3-5-15-12)17-18-13(20)8-11-9-19-6-7-21-14(19)16-11/h2-7,9H,8H2,1H3,(H,18,20). The molecule has 3 aromatic heterocycles. The Balaban J connectivity index is 1.62. The predicted octanol–water partition coefficient (Wildman–Crippen LogP) is 1.87. The third-order valence-corrected chi connectivity index (χ3v) is 3.64. The Hall–Kier alpha value is -2.54. The second-order valence-electron chi connectivity index (χ2n) is 4.45. The summed E-state index contributed by atoms with van der Waals surface area (Å²) in [5, 5.41) is 6.01. The van der Waals surface area contributed by atoms with Gasteiger partial charge in [-0.3, -0.25) is 14.2 Å². The molecule has 21 heavy (non-hydrogen) atoms. The molecular weight excluding hydrogens is 286 g/mol. The van der Waals surface area contributed by atoms with Crippen molar-refractivity contribution in [2.75, 3.05) is 0 Å². The molecule has 0 saturated carbocycles. The molecule has 0 aliphatic heterocycles. The van der Waals surface area contributed by atoms with Gasteiger partial charge in [0.05, 0.1) is 23.5 Å². The highest BCUT2D eigenvalue weighted by Crippen LogP contribution is 2.11. The van der Waals surface area contributed by atoms with E-state index in [-0.39, 0.29) is 12.3 Å². The fourth-order valence-corrected chi connectivity index (χ4v) is 2.56. The number of carbonyl (C=O) groups excluding carboxylic acids is 1. The van der Waals surface area contributed by atoms with E-state index in [1.807, 2.05) is 40.4 Å². The van der Waals surface area contributed by atoms with Crippen molar-refractivity contribution in [2.24, 2.45) is 5.10 Å². The third-order valence-electron chi connectivity index (χ3n) is 2.87. The number of imidazole rings is 1. The molecule has 0 aliphatic rings. The maximum absolute atomic E-state index is 11.9. The summed E-state index contributed by atoms with van der Waals surface area (Å²) < 4.78 is 1.90. The summed E-state index contributed by atoms with van der Waals surface area (Å²) >= 11 is 1.54. The first kappa shape index (κ1) is 13.4. The van der Waals surface area contributed by atoms with E-state index in [1.54, 1.807) is 13.1 Å². The Morgan fingerprint density at radius 2 is 2.38 bits per heavy atom. The number of aromatic nitrogens is 3. The molecule has 6 nitrogen and oxygen atoms in total. The Labute approximate surface area is 125 Å². The molecule has 1 amide bonds. The third kappa shape index (κ3) is 3.14. The lowest BCUT2D eigenvalue weighted by Gasteiger charge is -2.01. The zero-order valence-electron chi connectivity index (χ0n) is 11.4. The van der Waals surface area contributed by atoms with E-state index in [0.29, 0.717) is 5.71 Å². The van der Waals surface area contributed by atoms with Gasteiger partial charge in [0, 0.05) is 24.0 Å². The first-order valence-electron chi connectivity index (χ1n) is 6.38. The van der Waals surface area contributed by atoms with Crippen LogP contribution in [0.15, 0.2) is 47.3 Å². The van der Waals surface area contributed by atoms with Crippen LogP contribution in [0.1, 0.15) is 18.3 Å². The lowest BCUT2D eigenvalue weighted by atomic mass is 10.3. The van der Waals surface area contributed by atoms with Crippen LogP contribution in [0.4, 0.5) is 0 Å². The zero-order valence-corrected chi connectivity index (χ0v) is 12.2. The smallest absolute Gasteiger partial charge is 0.246 e. The van der Waals surface area contributed by atoms with Crippen LogP contribution in [0.2, 0.25) is 0 Å². The molecule has 0 aliphatic carbocycles. The average Bonchev–Trinajstić information content (AvgIpc) is 3.07. The van der Waals surface area contributed by atoms with Crippen molar-refractivity contribution in [3.63, 3.8) is 0 Å². The van der Waals surface area contributed by atoms with Gasteiger partial charge < -0.3 is 0 Å². The Morgan fingerprint density at radius 1 is 1.48 bits per heavy atom. The fourth-order valence-electron chi connectivity index (χ4n) is 1.85. The molecule has 0 fully saturated rings. The number of nitrogens with zero attached hydrogens (tertiary/aromatic N) is 4. The van der Waals surface area contributed by atoms with Crippen molar-refractivity contribution < 1.29 is 4.79 Å². The van der Waals surface area contributed by atoms with Crippen LogP contribution in [0, 0.1) is 0 Å². The van der Waals surface area contributed by atoms with Crippen LogP contribution in [-0.4, -0.2) is 26.0 Å². The van der Waals surface area contributed by atoms with E-state index in [2.05, 4.69) is 20.5 Å². The van der Waals surface area contributed by atoms with E-state index in [9.17, 15) is 4.79 Å². The van der Waals surface area contributed by atoms with Gasteiger partial charge in [-0.05, 0) is 19.1 Å². The van der Waals surface area contributed by atoms with Crippen molar-refractivity contribution >= 4 is 27.9 Å². The van der Waals surface area contributed by atoms with Gasteiger partial charge in [-0.1, -0.05) is 6.07 Å². The predicted molar refractivity (Wildman–Crippen MR) is 81.4 cm³/mol. The Morgan fingerprint density at radius 3 is 3.14 bits per heavy atom. The molecule has 0 saturated heterocycles. The number of hydrazone groups is 1. The number of amides is 1. The number of thiazole rings is 1. The molecular formula is C14H13N5OS. The van der Waals surface area contributed by atoms with Gasteiger partial charge in [0.25, 0.3) is 0 Å². The lowest BCUT2D eigenvalue weighted by Crippen LogP contribution is -2.21. The van der Waals surface area contributed by atoms with Crippen molar-refractivity contribution in [1.29, 1.82) is 0 Å². The Bertz CT molecular complexity index is 761. The minimum atomic E-state index is -0.198. The number of pyridine rings is 1. The molecule has 0 bridgehead atoms. The van der Waals surface area contributed by atoms with Gasteiger partial charge in [-0.25, -0.2) is 10.4 Å².